The summed E-state index contributed by atoms with van der Waals surface area (Å²) in [5.74, 6) is -1.61. The number of carbonyl (C=O) groups excluding carboxylic acids is 1. The first-order valence-corrected chi connectivity index (χ1v) is 8.35. The number of aromatic nitrogens is 1. The molecule has 2 aromatic rings. The van der Waals surface area contributed by atoms with Gasteiger partial charge in [-0.1, -0.05) is 11.6 Å². The van der Waals surface area contributed by atoms with Crippen molar-refractivity contribution in [2.75, 3.05) is 6.54 Å². The zero-order valence-corrected chi connectivity index (χ0v) is 15.0. The van der Waals surface area contributed by atoms with E-state index in [1.54, 1.807) is 4.90 Å². The number of benzene rings is 1. The van der Waals surface area contributed by atoms with Crippen LogP contribution in [0.3, 0.4) is 0 Å². The van der Waals surface area contributed by atoms with Crippen LogP contribution in [0.15, 0.2) is 18.2 Å². The Kier molecular flexibility index (Phi) is 4.49. The first-order chi connectivity index (χ1) is 11.6. The number of hydrogen-bond donors (Lipinski definition) is 1. The predicted molar refractivity (Wildman–Crippen MR) is 91.5 cm³/mol. The molecule has 3 rings (SSSR count). The zero-order valence-electron chi connectivity index (χ0n) is 14.3. The van der Waals surface area contributed by atoms with Crippen molar-refractivity contribution in [2.24, 2.45) is 0 Å². The maximum atomic E-state index is 13.7. The summed E-state index contributed by atoms with van der Waals surface area (Å²) in [6.07, 6.45) is 0.266. The lowest BCUT2D eigenvalue weighted by molar-refractivity contribution is 0.0222. The number of amides is 1. The highest BCUT2D eigenvalue weighted by atomic mass is 35.5. The molecule has 0 spiro atoms. The number of H-pyrrole nitrogens is 1. The Hall–Kier alpha value is -2.08. The van der Waals surface area contributed by atoms with E-state index < -0.39 is 22.3 Å². The summed E-state index contributed by atoms with van der Waals surface area (Å²) >= 11 is 5.53. The van der Waals surface area contributed by atoms with Gasteiger partial charge in [-0.3, -0.25) is 0 Å². The Morgan fingerprint density at radius 2 is 1.88 bits per heavy atom. The molecule has 1 amide bonds. The lowest BCUT2D eigenvalue weighted by atomic mass is 10.1. The highest BCUT2D eigenvalue weighted by molar-refractivity contribution is 6.31. The van der Waals surface area contributed by atoms with Crippen molar-refractivity contribution in [3.05, 3.63) is 46.1 Å². The lowest BCUT2D eigenvalue weighted by Gasteiger charge is -2.29. The second kappa shape index (κ2) is 6.33. The Labute approximate surface area is 149 Å². The molecule has 1 aliphatic heterocycles. The van der Waals surface area contributed by atoms with Gasteiger partial charge in [0.25, 0.3) is 0 Å². The largest absolute Gasteiger partial charge is 0.444 e. The average molecular weight is 369 g/mol. The minimum absolute atomic E-state index is 0.364. The first-order valence-electron chi connectivity index (χ1n) is 7.97. The molecule has 7 heteroatoms. The summed E-state index contributed by atoms with van der Waals surface area (Å²) in [6, 6.07) is 4.23. The Morgan fingerprint density at radius 1 is 1.24 bits per heavy atom. The van der Waals surface area contributed by atoms with Gasteiger partial charge in [-0.05, 0) is 51.0 Å². The van der Waals surface area contributed by atoms with Crippen LogP contribution in [0, 0.1) is 11.6 Å². The fraction of sp³-hybridized carbons (Fsp3) is 0.389. The number of ether oxygens (including phenoxy) is 1. The number of rotatable bonds is 1. The topological polar surface area (TPSA) is 45.3 Å². The number of fused-ring (bicyclic) bond motifs is 1. The van der Waals surface area contributed by atoms with Crippen molar-refractivity contribution in [2.45, 2.75) is 39.3 Å². The Morgan fingerprint density at radius 3 is 2.48 bits per heavy atom. The van der Waals surface area contributed by atoms with Gasteiger partial charge in [0.15, 0.2) is 0 Å². The molecule has 25 heavy (non-hydrogen) atoms. The van der Waals surface area contributed by atoms with Gasteiger partial charge in [-0.15, -0.1) is 0 Å². The molecule has 4 nitrogen and oxygen atoms in total. The maximum absolute atomic E-state index is 13.7. The van der Waals surface area contributed by atoms with Crippen LogP contribution in [0.1, 0.15) is 32.0 Å². The molecule has 0 atom stereocenters. The van der Waals surface area contributed by atoms with E-state index >= 15 is 0 Å². The van der Waals surface area contributed by atoms with Crippen LogP contribution in [0.2, 0.25) is 5.02 Å². The Bertz CT molecular complexity index is 804. The van der Waals surface area contributed by atoms with E-state index in [1.165, 1.54) is 12.1 Å². The van der Waals surface area contributed by atoms with Gasteiger partial charge in [0, 0.05) is 23.5 Å². The van der Waals surface area contributed by atoms with Crippen molar-refractivity contribution in [3.8, 4) is 11.3 Å². The fourth-order valence-electron chi connectivity index (χ4n) is 2.78. The molecule has 0 bridgehead atoms. The highest BCUT2D eigenvalue weighted by Gasteiger charge is 2.27. The van der Waals surface area contributed by atoms with E-state index in [2.05, 4.69) is 4.98 Å². The number of aromatic amines is 1. The summed E-state index contributed by atoms with van der Waals surface area (Å²) in [5, 5.41) is -0.517. The van der Waals surface area contributed by atoms with Crippen LogP contribution in [0.25, 0.3) is 11.3 Å². The number of carbonyl (C=O) groups is 1. The third-order valence-corrected chi connectivity index (χ3v) is 4.30. The molecule has 0 saturated carbocycles. The quantitative estimate of drug-likeness (QED) is 0.727. The number of hydrogen-bond acceptors (Lipinski definition) is 2. The van der Waals surface area contributed by atoms with Crippen molar-refractivity contribution in [1.82, 2.24) is 9.88 Å². The van der Waals surface area contributed by atoms with Crippen LogP contribution in [-0.4, -0.2) is 28.1 Å². The lowest BCUT2D eigenvalue weighted by Crippen LogP contribution is -2.39. The zero-order chi connectivity index (χ0) is 18.4. The summed E-state index contributed by atoms with van der Waals surface area (Å²) in [7, 11) is 0. The summed E-state index contributed by atoms with van der Waals surface area (Å²) in [5.41, 5.74) is 2.26. The molecule has 134 valence electrons. The SMILES string of the molecule is CC(C)(C)OC(=O)N1CCc2cc(-c3cc(F)c(Cl)c(F)c3)[nH]c2C1. The smallest absolute Gasteiger partial charge is 0.410 e. The molecule has 1 aromatic heterocycles. The molecule has 0 unspecified atom stereocenters. The second-order valence-electron chi connectivity index (χ2n) is 7.09. The number of nitrogens with zero attached hydrogens (tertiary/aromatic N) is 1. The van der Waals surface area contributed by atoms with Crippen LogP contribution in [0.5, 0.6) is 0 Å². The molecule has 0 aliphatic carbocycles. The van der Waals surface area contributed by atoms with Crippen molar-refractivity contribution >= 4 is 17.7 Å². The van der Waals surface area contributed by atoms with Gasteiger partial charge in [-0.25, -0.2) is 13.6 Å². The van der Waals surface area contributed by atoms with E-state index in [0.29, 0.717) is 30.8 Å². The molecule has 2 heterocycles. The molecule has 1 N–H and O–H groups in total. The Balaban J connectivity index is 1.83. The number of nitrogens with one attached hydrogen (secondary N) is 1. The van der Waals surface area contributed by atoms with Gasteiger partial charge >= 0.3 is 6.09 Å². The van der Waals surface area contributed by atoms with E-state index in [1.807, 2.05) is 26.8 Å². The van der Waals surface area contributed by atoms with Crippen LogP contribution < -0.4 is 0 Å². The molecular weight excluding hydrogens is 350 g/mol. The summed E-state index contributed by atoms with van der Waals surface area (Å²) in [6.45, 7) is 6.34. The monoisotopic (exact) mass is 368 g/mol. The third-order valence-electron chi connectivity index (χ3n) is 3.94. The van der Waals surface area contributed by atoms with Gasteiger partial charge in [0.1, 0.15) is 22.3 Å². The van der Waals surface area contributed by atoms with E-state index in [-0.39, 0.29) is 6.09 Å². The first kappa shape index (κ1) is 17.7. The molecule has 0 fully saturated rings. The molecule has 1 aliphatic rings. The van der Waals surface area contributed by atoms with Crippen molar-refractivity contribution in [1.29, 1.82) is 0 Å². The maximum Gasteiger partial charge on any atom is 0.410 e. The molecular formula is C18H19ClF2N2O2. The number of halogens is 3. The van der Waals surface area contributed by atoms with E-state index in [0.717, 1.165) is 11.3 Å². The van der Waals surface area contributed by atoms with Crippen LogP contribution in [0.4, 0.5) is 13.6 Å². The molecule has 0 radical (unpaired) electrons. The summed E-state index contributed by atoms with van der Waals surface area (Å²) < 4.78 is 32.7. The predicted octanol–water partition coefficient (Wildman–Crippen LogP) is 4.91. The van der Waals surface area contributed by atoms with Gasteiger partial charge in [0.05, 0.1) is 6.54 Å². The second-order valence-corrected chi connectivity index (χ2v) is 7.47. The van der Waals surface area contributed by atoms with Gasteiger partial charge in [0.2, 0.25) is 0 Å². The highest BCUT2D eigenvalue weighted by Crippen LogP contribution is 2.30. The van der Waals surface area contributed by atoms with E-state index in [4.69, 9.17) is 16.3 Å². The summed E-state index contributed by atoms with van der Waals surface area (Å²) in [4.78, 5) is 17.0. The van der Waals surface area contributed by atoms with Gasteiger partial charge < -0.3 is 14.6 Å². The minimum Gasteiger partial charge on any atom is -0.444 e. The minimum atomic E-state index is -0.806. The van der Waals surface area contributed by atoms with E-state index in [9.17, 15) is 13.6 Å². The van der Waals surface area contributed by atoms with Crippen LogP contribution in [-0.2, 0) is 17.7 Å². The average Bonchev–Trinajstić information content (AvgIpc) is 2.93. The standard InChI is InChI=1S/C18H19ClF2N2O2/c1-18(2,3)25-17(24)23-5-4-10-8-14(22-15(10)9-23)11-6-12(20)16(19)13(21)7-11/h6-8,22H,4-5,9H2,1-3H3. The fourth-order valence-corrected chi connectivity index (χ4v) is 2.89. The van der Waals surface area contributed by atoms with Crippen LogP contribution >= 0.6 is 11.6 Å². The van der Waals surface area contributed by atoms with Crippen molar-refractivity contribution in [3.63, 3.8) is 0 Å². The normalized spacial score (nSPS) is 14.4. The van der Waals surface area contributed by atoms with Crippen molar-refractivity contribution < 1.29 is 18.3 Å². The van der Waals surface area contributed by atoms with Gasteiger partial charge in [-0.2, -0.15) is 0 Å². The molecule has 0 saturated heterocycles. The third kappa shape index (κ3) is 3.79. The molecule has 1 aromatic carbocycles.